The summed E-state index contributed by atoms with van der Waals surface area (Å²) in [6.07, 6.45) is 1.86. The van der Waals surface area contributed by atoms with E-state index in [9.17, 15) is 23.1 Å². The summed E-state index contributed by atoms with van der Waals surface area (Å²) in [6, 6.07) is 26.2. The number of para-hydroxylation sites is 1. The Hall–Kier alpha value is -4.36. The maximum Gasteiger partial charge on any atom is 0.416 e. The van der Waals surface area contributed by atoms with E-state index in [-0.39, 0.29) is 18.7 Å². The van der Waals surface area contributed by atoms with Gasteiger partial charge in [-0.3, -0.25) is 4.79 Å². The van der Waals surface area contributed by atoms with Crippen molar-refractivity contribution >= 4 is 12.0 Å². The lowest BCUT2D eigenvalue weighted by Gasteiger charge is -2.25. The molecule has 1 aliphatic rings. The Bertz CT molecular complexity index is 1510. The first-order valence-electron chi connectivity index (χ1n) is 14.0. The smallest absolute Gasteiger partial charge is 0.416 e. The van der Waals surface area contributed by atoms with Gasteiger partial charge >= 0.3 is 6.18 Å². The minimum Gasteiger partial charge on any atom is -0.457 e. The van der Waals surface area contributed by atoms with Crippen molar-refractivity contribution in [1.82, 2.24) is 5.32 Å². The molecule has 1 aliphatic carbocycles. The van der Waals surface area contributed by atoms with Gasteiger partial charge < -0.3 is 15.2 Å². The van der Waals surface area contributed by atoms with Crippen molar-refractivity contribution in [3.8, 4) is 11.5 Å². The normalized spacial score (nSPS) is 14.4. The Kier molecular flexibility index (Phi) is 9.08. The molecular formula is C35H32F3NO3. The van der Waals surface area contributed by atoms with Gasteiger partial charge in [0.05, 0.1) is 24.1 Å². The molecule has 42 heavy (non-hydrogen) atoms. The third-order valence-corrected chi connectivity index (χ3v) is 7.40. The van der Waals surface area contributed by atoms with Crippen molar-refractivity contribution in [1.29, 1.82) is 0 Å². The topological polar surface area (TPSA) is 58.6 Å². The minimum atomic E-state index is -4.45. The van der Waals surface area contributed by atoms with Gasteiger partial charge in [-0.15, -0.1) is 0 Å². The number of alkyl halides is 3. The van der Waals surface area contributed by atoms with Crippen LogP contribution >= 0.6 is 0 Å². The number of ether oxygens (including phenoxy) is 1. The molecule has 2 atom stereocenters. The summed E-state index contributed by atoms with van der Waals surface area (Å²) in [7, 11) is 0. The first kappa shape index (κ1) is 29.1. The number of benzene rings is 4. The van der Waals surface area contributed by atoms with Gasteiger partial charge in [-0.1, -0.05) is 72.8 Å². The van der Waals surface area contributed by atoms with Crippen LogP contribution in [0.5, 0.6) is 11.5 Å². The Balaban J connectivity index is 1.35. The van der Waals surface area contributed by atoms with Gasteiger partial charge in [0.2, 0.25) is 5.91 Å². The molecule has 7 heteroatoms. The second-order valence-corrected chi connectivity index (χ2v) is 10.5. The van der Waals surface area contributed by atoms with Crippen LogP contribution in [0.25, 0.3) is 6.08 Å². The standard InChI is InChI=1S/C35H32F3NO3/c36-35(37,38)28-18-14-24(15-19-28)22-32(34(41)26-16-20-30(21-17-26)42-29-11-4-2-5-12-29)39-33(40)23-27-10-7-9-25-8-3-1-6-13-31(25)27/h2,4-7,9-21,32,34,41H,1,3,8,22-23H2,(H,39,40). The maximum absolute atomic E-state index is 13.3. The van der Waals surface area contributed by atoms with Crippen molar-refractivity contribution in [3.63, 3.8) is 0 Å². The van der Waals surface area contributed by atoms with Crippen molar-refractivity contribution in [2.24, 2.45) is 0 Å². The summed E-state index contributed by atoms with van der Waals surface area (Å²) in [4.78, 5) is 13.3. The van der Waals surface area contributed by atoms with Crippen molar-refractivity contribution in [3.05, 3.63) is 137 Å². The van der Waals surface area contributed by atoms with E-state index in [1.807, 2.05) is 42.5 Å². The van der Waals surface area contributed by atoms with Gasteiger partial charge in [0.25, 0.3) is 0 Å². The van der Waals surface area contributed by atoms with E-state index in [0.717, 1.165) is 42.5 Å². The van der Waals surface area contributed by atoms with E-state index in [1.165, 1.54) is 17.7 Å². The van der Waals surface area contributed by atoms with E-state index in [1.54, 1.807) is 24.3 Å². The predicted octanol–water partition coefficient (Wildman–Crippen LogP) is 7.85. The largest absolute Gasteiger partial charge is 0.457 e. The molecule has 0 radical (unpaired) electrons. The molecule has 0 heterocycles. The highest BCUT2D eigenvalue weighted by Gasteiger charge is 2.30. The summed E-state index contributed by atoms with van der Waals surface area (Å²) >= 11 is 0. The molecule has 4 nitrogen and oxygen atoms in total. The number of fused-ring (bicyclic) bond motifs is 1. The fourth-order valence-corrected chi connectivity index (χ4v) is 5.21. The molecule has 0 aliphatic heterocycles. The molecule has 2 unspecified atom stereocenters. The molecular weight excluding hydrogens is 539 g/mol. The van der Waals surface area contributed by atoms with E-state index in [2.05, 4.69) is 23.5 Å². The van der Waals surface area contributed by atoms with Crippen molar-refractivity contribution < 1.29 is 27.8 Å². The van der Waals surface area contributed by atoms with Gasteiger partial charge in [0, 0.05) is 0 Å². The van der Waals surface area contributed by atoms with Crippen LogP contribution in [-0.4, -0.2) is 17.1 Å². The predicted molar refractivity (Wildman–Crippen MR) is 157 cm³/mol. The molecule has 4 aromatic carbocycles. The summed E-state index contributed by atoms with van der Waals surface area (Å²) in [5.41, 5.74) is 3.51. The number of hydrogen-bond donors (Lipinski definition) is 2. The van der Waals surface area contributed by atoms with Gasteiger partial charge in [-0.2, -0.15) is 13.2 Å². The second kappa shape index (κ2) is 13.1. The molecule has 1 amide bonds. The lowest BCUT2D eigenvalue weighted by atomic mass is 9.94. The van der Waals surface area contributed by atoms with Gasteiger partial charge in [0.1, 0.15) is 11.5 Å². The second-order valence-electron chi connectivity index (χ2n) is 10.5. The van der Waals surface area contributed by atoms with Crippen molar-refractivity contribution in [2.75, 3.05) is 0 Å². The number of halogens is 3. The molecule has 0 aromatic heterocycles. The molecule has 2 N–H and O–H groups in total. The zero-order valence-corrected chi connectivity index (χ0v) is 23.0. The number of allylic oxidation sites excluding steroid dienone is 1. The molecule has 0 saturated heterocycles. The molecule has 0 bridgehead atoms. The Morgan fingerprint density at radius 1 is 0.881 bits per heavy atom. The highest BCUT2D eigenvalue weighted by atomic mass is 19.4. The Labute approximate surface area is 243 Å². The lowest BCUT2D eigenvalue weighted by molar-refractivity contribution is -0.137. The van der Waals surface area contributed by atoms with Crippen molar-refractivity contribution in [2.45, 2.75) is 50.4 Å². The minimum absolute atomic E-state index is 0.119. The monoisotopic (exact) mass is 571 g/mol. The number of amides is 1. The van der Waals surface area contributed by atoms with E-state index in [0.29, 0.717) is 22.6 Å². The molecule has 4 aromatic rings. The van der Waals surface area contributed by atoms with Crippen LogP contribution in [0.15, 0.2) is 103 Å². The van der Waals surface area contributed by atoms with Crippen LogP contribution in [0.4, 0.5) is 13.2 Å². The third-order valence-electron chi connectivity index (χ3n) is 7.40. The fourth-order valence-electron chi connectivity index (χ4n) is 5.21. The van der Waals surface area contributed by atoms with Crippen LogP contribution in [0.3, 0.4) is 0 Å². The van der Waals surface area contributed by atoms with Crippen LogP contribution in [-0.2, 0) is 30.2 Å². The summed E-state index contributed by atoms with van der Waals surface area (Å²) in [6.45, 7) is 0. The number of aliphatic hydroxyl groups is 1. The van der Waals surface area contributed by atoms with Gasteiger partial charge in [-0.05, 0) is 89.9 Å². The third kappa shape index (κ3) is 7.47. The number of carbonyl (C=O) groups is 1. The number of aryl methyl sites for hydroxylation is 1. The van der Waals surface area contributed by atoms with E-state index >= 15 is 0 Å². The quantitative estimate of drug-likeness (QED) is 0.215. The first-order chi connectivity index (χ1) is 20.3. The van der Waals surface area contributed by atoms with Gasteiger partial charge in [-0.25, -0.2) is 0 Å². The van der Waals surface area contributed by atoms with Gasteiger partial charge in [0.15, 0.2) is 0 Å². The molecule has 5 rings (SSSR count). The molecule has 0 fully saturated rings. The highest BCUT2D eigenvalue weighted by molar-refractivity contribution is 5.80. The summed E-state index contributed by atoms with van der Waals surface area (Å²) in [5.74, 6) is 0.978. The number of nitrogens with one attached hydrogen (secondary N) is 1. The number of carbonyl (C=O) groups excluding carboxylic acids is 1. The summed E-state index contributed by atoms with van der Waals surface area (Å²) < 4.78 is 45.2. The van der Waals surface area contributed by atoms with E-state index in [4.69, 9.17) is 4.74 Å². The first-order valence-corrected chi connectivity index (χ1v) is 14.0. The maximum atomic E-state index is 13.3. The average Bonchev–Trinajstić information content (AvgIpc) is 3.24. The molecule has 0 saturated carbocycles. The van der Waals surface area contributed by atoms with Crippen LogP contribution in [0.1, 0.15) is 52.3 Å². The SMILES string of the molecule is O=C(Cc1cccc2c1C=CCCC2)NC(Cc1ccc(C(F)(F)F)cc1)C(O)c1ccc(Oc2ccccc2)cc1. The summed E-state index contributed by atoms with van der Waals surface area (Å²) in [5, 5.41) is 14.4. The van der Waals surface area contributed by atoms with Crippen LogP contribution < -0.4 is 10.1 Å². The zero-order chi connectivity index (χ0) is 29.5. The van der Waals surface area contributed by atoms with E-state index < -0.39 is 23.9 Å². The molecule has 0 spiro atoms. The lowest BCUT2D eigenvalue weighted by Crippen LogP contribution is -2.41. The highest BCUT2D eigenvalue weighted by Crippen LogP contribution is 2.30. The Morgan fingerprint density at radius 3 is 2.31 bits per heavy atom. The molecule has 216 valence electrons. The zero-order valence-electron chi connectivity index (χ0n) is 23.0. The number of rotatable bonds is 9. The van der Waals surface area contributed by atoms with Crippen LogP contribution in [0.2, 0.25) is 0 Å². The average molecular weight is 572 g/mol. The number of hydrogen-bond acceptors (Lipinski definition) is 3. The van der Waals surface area contributed by atoms with Crippen LogP contribution in [0, 0.1) is 0 Å². The number of aliphatic hydroxyl groups excluding tert-OH is 1. The Morgan fingerprint density at radius 2 is 1.60 bits per heavy atom. The fraction of sp³-hybridized carbons (Fsp3) is 0.229.